The molecule has 0 saturated carbocycles. The van der Waals surface area contributed by atoms with Crippen LogP contribution >= 0.6 is 0 Å². The van der Waals surface area contributed by atoms with Crippen LogP contribution in [0.4, 0.5) is 5.69 Å². The van der Waals surface area contributed by atoms with Gasteiger partial charge in [0.1, 0.15) is 19.3 Å². The molecule has 0 radical (unpaired) electrons. The van der Waals surface area contributed by atoms with Crippen LogP contribution in [-0.4, -0.2) is 57.0 Å². The Kier molecular flexibility index (Phi) is 5.23. The highest BCUT2D eigenvalue weighted by molar-refractivity contribution is 7.91. The Morgan fingerprint density at radius 1 is 0.964 bits per heavy atom. The second-order valence-corrected chi connectivity index (χ2v) is 9.15. The summed E-state index contributed by atoms with van der Waals surface area (Å²) in [6.07, 6.45) is 0. The van der Waals surface area contributed by atoms with Crippen LogP contribution in [-0.2, 0) is 14.6 Å². The lowest BCUT2D eigenvalue weighted by Gasteiger charge is -2.33. The summed E-state index contributed by atoms with van der Waals surface area (Å²) in [5.41, 5.74) is 1.44. The predicted octanol–water partition coefficient (Wildman–Crippen LogP) is 1.87. The number of sulfone groups is 1. The monoisotopic (exact) mass is 402 g/mol. The van der Waals surface area contributed by atoms with Crippen LogP contribution in [0, 0.1) is 0 Å². The van der Waals surface area contributed by atoms with E-state index in [2.05, 4.69) is 5.32 Å². The molecule has 0 aliphatic carbocycles. The Bertz CT molecular complexity index is 948. The van der Waals surface area contributed by atoms with Crippen molar-refractivity contribution in [2.24, 2.45) is 0 Å². The third-order valence-electron chi connectivity index (χ3n) is 4.92. The number of hydrogen-bond donors (Lipinski definition) is 1. The average Bonchev–Trinajstić information content (AvgIpc) is 2.70. The fourth-order valence-corrected chi connectivity index (χ4v) is 4.71. The van der Waals surface area contributed by atoms with Gasteiger partial charge in [0.2, 0.25) is 5.91 Å². The molecule has 148 valence electrons. The van der Waals surface area contributed by atoms with Crippen molar-refractivity contribution < 1.29 is 22.7 Å². The topological polar surface area (TPSA) is 84.9 Å². The van der Waals surface area contributed by atoms with Crippen LogP contribution in [0.1, 0.15) is 11.6 Å². The van der Waals surface area contributed by atoms with E-state index >= 15 is 0 Å². The molecule has 1 unspecified atom stereocenters. The summed E-state index contributed by atoms with van der Waals surface area (Å²) in [7, 11) is -3.03. The smallest absolute Gasteiger partial charge is 0.246 e. The summed E-state index contributed by atoms with van der Waals surface area (Å²) in [4.78, 5) is 15.1. The fraction of sp³-hybridized carbons (Fsp3) is 0.350. The summed E-state index contributed by atoms with van der Waals surface area (Å²) in [6.45, 7) is 1.64. The van der Waals surface area contributed by atoms with E-state index in [9.17, 15) is 13.2 Å². The van der Waals surface area contributed by atoms with Crippen molar-refractivity contribution in [3.63, 3.8) is 0 Å². The number of hydrogen-bond acceptors (Lipinski definition) is 6. The first-order valence-corrected chi connectivity index (χ1v) is 11.0. The molecular weight excluding hydrogens is 380 g/mol. The van der Waals surface area contributed by atoms with Gasteiger partial charge in [-0.15, -0.1) is 0 Å². The van der Waals surface area contributed by atoms with Crippen molar-refractivity contribution in [3.8, 4) is 11.5 Å². The van der Waals surface area contributed by atoms with Crippen LogP contribution in [0.5, 0.6) is 11.5 Å². The van der Waals surface area contributed by atoms with Crippen molar-refractivity contribution in [2.75, 3.05) is 43.1 Å². The van der Waals surface area contributed by atoms with E-state index < -0.39 is 15.9 Å². The number of anilines is 1. The summed E-state index contributed by atoms with van der Waals surface area (Å²) < 4.78 is 34.7. The van der Waals surface area contributed by atoms with Gasteiger partial charge in [-0.25, -0.2) is 8.42 Å². The summed E-state index contributed by atoms with van der Waals surface area (Å²) in [5.74, 6) is 1.18. The first-order chi connectivity index (χ1) is 13.5. The van der Waals surface area contributed by atoms with E-state index in [4.69, 9.17) is 9.47 Å². The van der Waals surface area contributed by atoms with Crippen molar-refractivity contribution in [1.82, 2.24) is 4.90 Å². The lowest BCUT2D eigenvalue weighted by Crippen LogP contribution is -2.46. The second-order valence-electron chi connectivity index (χ2n) is 6.85. The van der Waals surface area contributed by atoms with Gasteiger partial charge in [-0.3, -0.25) is 9.69 Å². The van der Waals surface area contributed by atoms with Crippen LogP contribution in [0.3, 0.4) is 0 Å². The Labute approximate surface area is 164 Å². The third kappa shape index (κ3) is 4.13. The number of rotatable bonds is 4. The highest BCUT2D eigenvalue weighted by Crippen LogP contribution is 2.33. The molecule has 2 aliphatic rings. The van der Waals surface area contributed by atoms with Crippen LogP contribution in [0.25, 0.3) is 0 Å². The molecule has 1 saturated heterocycles. The number of carbonyl (C=O) groups excluding carboxylic acids is 1. The van der Waals surface area contributed by atoms with Gasteiger partial charge in [-0.05, 0) is 17.7 Å². The molecule has 2 aliphatic heterocycles. The van der Waals surface area contributed by atoms with Gasteiger partial charge < -0.3 is 14.8 Å². The van der Waals surface area contributed by atoms with Gasteiger partial charge in [-0.2, -0.15) is 0 Å². The predicted molar refractivity (Wildman–Crippen MR) is 105 cm³/mol. The Balaban J connectivity index is 1.57. The van der Waals surface area contributed by atoms with E-state index in [0.29, 0.717) is 43.5 Å². The quantitative estimate of drug-likeness (QED) is 0.841. The minimum absolute atomic E-state index is 0.0631. The largest absolute Gasteiger partial charge is 0.486 e. The summed E-state index contributed by atoms with van der Waals surface area (Å²) >= 11 is 0. The molecule has 2 aromatic carbocycles. The number of nitrogens with one attached hydrogen (secondary N) is 1. The number of carbonyl (C=O) groups is 1. The van der Waals surface area contributed by atoms with Gasteiger partial charge in [0, 0.05) is 24.8 Å². The standard InChI is InChI=1S/C20H22N2O5S/c23-20(21-16-6-7-17-18(14-16)27-11-10-26-17)19(15-4-2-1-3-5-15)22-8-12-28(24,25)13-9-22/h1-7,14,19H,8-13H2,(H,21,23). The third-order valence-corrected chi connectivity index (χ3v) is 6.53. The molecule has 2 heterocycles. The van der Waals surface area contributed by atoms with Gasteiger partial charge in [0.25, 0.3) is 0 Å². The van der Waals surface area contributed by atoms with Gasteiger partial charge >= 0.3 is 0 Å². The molecule has 1 N–H and O–H groups in total. The first-order valence-electron chi connectivity index (χ1n) is 9.22. The van der Waals surface area contributed by atoms with Crippen molar-refractivity contribution in [2.45, 2.75) is 6.04 Å². The number of benzene rings is 2. The summed E-state index contributed by atoms with van der Waals surface area (Å²) in [6, 6.07) is 14.1. The number of nitrogens with zero attached hydrogens (tertiary/aromatic N) is 1. The molecule has 0 bridgehead atoms. The molecule has 1 fully saturated rings. The SMILES string of the molecule is O=C(Nc1ccc2c(c1)OCCO2)C(c1ccccc1)N1CCS(=O)(=O)CC1. The zero-order valence-corrected chi connectivity index (χ0v) is 16.2. The zero-order valence-electron chi connectivity index (χ0n) is 15.3. The molecule has 0 spiro atoms. The minimum atomic E-state index is -3.03. The van der Waals surface area contributed by atoms with Crippen molar-refractivity contribution in [1.29, 1.82) is 0 Å². The Hall–Kier alpha value is -2.58. The Morgan fingerprint density at radius 3 is 2.36 bits per heavy atom. The maximum Gasteiger partial charge on any atom is 0.246 e. The van der Waals surface area contributed by atoms with Gasteiger partial charge in [0.15, 0.2) is 21.3 Å². The number of fused-ring (bicyclic) bond motifs is 1. The van der Waals surface area contributed by atoms with Gasteiger partial charge in [0.05, 0.1) is 11.5 Å². The van der Waals surface area contributed by atoms with Gasteiger partial charge in [-0.1, -0.05) is 30.3 Å². The van der Waals surface area contributed by atoms with E-state index in [1.165, 1.54) is 0 Å². The molecule has 4 rings (SSSR count). The molecule has 1 atom stereocenters. The fourth-order valence-electron chi connectivity index (χ4n) is 3.48. The first kappa shape index (κ1) is 18.8. The van der Waals surface area contributed by atoms with E-state index in [1.807, 2.05) is 35.2 Å². The lowest BCUT2D eigenvalue weighted by atomic mass is 10.0. The minimum Gasteiger partial charge on any atom is -0.486 e. The maximum absolute atomic E-state index is 13.2. The molecule has 28 heavy (non-hydrogen) atoms. The highest BCUT2D eigenvalue weighted by Gasteiger charge is 2.32. The van der Waals surface area contributed by atoms with E-state index in [1.54, 1.807) is 18.2 Å². The molecular formula is C20H22N2O5S. The average molecular weight is 402 g/mol. The van der Waals surface area contributed by atoms with Crippen LogP contribution in [0.2, 0.25) is 0 Å². The summed E-state index contributed by atoms with van der Waals surface area (Å²) in [5, 5.41) is 2.94. The Morgan fingerprint density at radius 2 is 1.64 bits per heavy atom. The van der Waals surface area contributed by atoms with Crippen LogP contribution in [0.15, 0.2) is 48.5 Å². The highest BCUT2D eigenvalue weighted by atomic mass is 32.2. The normalized spacial score (nSPS) is 19.6. The molecule has 1 amide bonds. The lowest BCUT2D eigenvalue weighted by molar-refractivity contribution is -0.121. The second kappa shape index (κ2) is 7.81. The molecule has 7 nitrogen and oxygen atoms in total. The van der Waals surface area contributed by atoms with Crippen molar-refractivity contribution >= 4 is 21.4 Å². The van der Waals surface area contributed by atoms with E-state index in [-0.39, 0.29) is 17.4 Å². The zero-order chi connectivity index (χ0) is 19.6. The number of amides is 1. The number of ether oxygens (including phenoxy) is 2. The molecule has 2 aromatic rings. The molecule has 0 aromatic heterocycles. The van der Waals surface area contributed by atoms with Crippen LogP contribution < -0.4 is 14.8 Å². The molecule has 8 heteroatoms. The van der Waals surface area contributed by atoms with E-state index in [0.717, 1.165) is 5.56 Å². The maximum atomic E-state index is 13.2. The van der Waals surface area contributed by atoms with Crippen molar-refractivity contribution in [3.05, 3.63) is 54.1 Å².